The largest absolute Gasteiger partial charge is 0.464 e. The summed E-state index contributed by atoms with van der Waals surface area (Å²) < 4.78 is 40.5. The standard InChI is InChI=1S/C30H26Cl2FN7O3/c1-3-39-29-17-9-10-34-21(11-17)18(6-4-5-16(2)30(42)36-22(29)13-35-39)19-15-43-25(12-24(19)41)27-23(8-7-20(31)28(27)33)40-14-26(32)37-38-40/h7-16,18H,3-6H2,1-2H3,(H,36,42)/t16-,18-/m1/s1/i3D2. The van der Waals surface area contributed by atoms with E-state index in [9.17, 15) is 9.59 Å². The van der Waals surface area contributed by atoms with E-state index in [0.717, 1.165) is 0 Å². The number of halogens is 3. The third-order valence-corrected chi connectivity index (χ3v) is 7.96. The first-order valence-electron chi connectivity index (χ1n) is 14.5. The van der Waals surface area contributed by atoms with Gasteiger partial charge in [0, 0.05) is 47.4 Å². The van der Waals surface area contributed by atoms with E-state index < -0.39 is 23.7 Å². The van der Waals surface area contributed by atoms with Crippen molar-refractivity contribution < 1.29 is 16.3 Å². The first-order chi connectivity index (χ1) is 21.4. The summed E-state index contributed by atoms with van der Waals surface area (Å²) in [6.45, 7) is 1.29. The second-order valence-electron chi connectivity index (χ2n) is 10.2. The summed E-state index contributed by atoms with van der Waals surface area (Å²) in [6.07, 6.45) is 7.20. The monoisotopic (exact) mass is 623 g/mol. The van der Waals surface area contributed by atoms with Crippen LogP contribution in [0.2, 0.25) is 10.2 Å². The predicted octanol–water partition coefficient (Wildman–Crippen LogP) is 6.50. The van der Waals surface area contributed by atoms with E-state index in [1.165, 1.54) is 53.1 Å². The summed E-state index contributed by atoms with van der Waals surface area (Å²) in [5, 5.41) is 14.7. The van der Waals surface area contributed by atoms with Crippen LogP contribution in [0, 0.1) is 11.7 Å². The van der Waals surface area contributed by atoms with Gasteiger partial charge >= 0.3 is 0 Å². The van der Waals surface area contributed by atoms with Gasteiger partial charge in [-0.2, -0.15) is 5.10 Å². The quantitative estimate of drug-likeness (QED) is 0.242. The van der Waals surface area contributed by atoms with Crippen molar-refractivity contribution in [2.45, 2.75) is 45.5 Å². The number of fused-ring (bicyclic) bond motifs is 4. The molecule has 0 fully saturated rings. The van der Waals surface area contributed by atoms with Crippen molar-refractivity contribution in [2.75, 3.05) is 5.32 Å². The topological polar surface area (TPSA) is 121 Å². The lowest BCUT2D eigenvalue weighted by atomic mass is 9.88. The summed E-state index contributed by atoms with van der Waals surface area (Å²) in [4.78, 5) is 31.4. The van der Waals surface area contributed by atoms with Gasteiger partial charge in [-0.3, -0.25) is 19.3 Å². The Kier molecular flexibility index (Phi) is 7.17. The van der Waals surface area contributed by atoms with E-state index in [0.29, 0.717) is 41.9 Å². The Morgan fingerprint density at radius 1 is 1.21 bits per heavy atom. The number of rotatable bonds is 4. The molecule has 0 unspecified atom stereocenters. The molecule has 10 nitrogen and oxygen atoms in total. The lowest BCUT2D eigenvalue weighted by Crippen LogP contribution is -2.22. The summed E-state index contributed by atoms with van der Waals surface area (Å²) in [5.74, 6) is -2.05. The number of amides is 1. The second kappa shape index (κ2) is 11.7. The number of hydrogen-bond acceptors (Lipinski definition) is 7. The minimum Gasteiger partial charge on any atom is -0.464 e. The summed E-state index contributed by atoms with van der Waals surface area (Å²) in [7, 11) is 0. The van der Waals surface area contributed by atoms with E-state index >= 15 is 4.39 Å². The Bertz CT molecular complexity index is 1990. The highest BCUT2D eigenvalue weighted by molar-refractivity contribution is 6.31. The van der Waals surface area contributed by atoms with Gasteiger partial charge in [-0.1, -0.05) is 41.8 Å². The molecular formula is C30H26Cl2FN7O3. The Hall–Kier alpha value is -4.35. The fourth-order valence-corrected chi connectivity index (χ4v) is 5.57. The first-order valence-corrected chi connectivity index (χ1v) is 14.2. The average molecular weight is 625 g/mol. The summed E-state index contributed by atoms with van der Waals surface area (Å²) in [6, 6.07) is 7.50. The minimum absolute atomic E-state index is 0.0794. The van der Waals surface area contributed by atoms with Crippen LogP contribution in [0.15, 0.2) is 64.4 Å². The van der Waals surface area contributed by atoms with Gasteiger partial charge in [0.25, 0.3) is 0 Å². The molecule has 1 aliphatic rings. The molecule has 1 amide bonds. The van der Waals surface area contributed by atoms with Gasteiger partial charge in [0.05, 0.1) is 49.1 Å². The van der Waals surface area contributed by atoms with E-state index in [1.807, 2.05) is 0 Å². The van der Waals surface area contributed by atoms with Gasteiger partial charge in [0.1, 0.15) is 5.76 Å². The highest BCUT2D eigenvalue weighted by atomic mass is 35.5. The number of aryl methyl sites for hydroxylation is 1. The molecule has 0 aliphatic carbocycles. The van der Waals surface area contributed by atoms with Crippen molar-refractivity contribution in [3.8, 4) is 28.3 Å². The number of aromatic nitrogens is 6. The van der Waals surface area contributed by atoms with Gasteiger partial charge in [-0.25, -0.2) is 9.07 Å². The molecule has 2 bridgehead atoms. The zero-order chi connectivity index (χ0) is 32.0. The molecule has 1 aliphatic heterocycles. The maximum Gasteiger partial charge on any atom is 0.227 e. The van der Waals surface area contributed by atoms with Crippen molar-refractivity contribution in [3.63, 3.8) is 0 Å². The van der Waals surface area contributed by atoms with Gasteiger partial charge < -0.3 is 9.73 Å². The number of hydrogen-bond donors (Lipinski definition) is 1. The third-order valence-electron chi connectivity index (χ3n) is 7.49. The number of benzene rings is 1. The number of carbonyl (C=O) groups excluding carboxylic acids is 1. The van der Waals surface area contributed by atoms with Crippen LogP contribution < -0.4 is 10.7 Å². The molecule has 4 aromatic heterocycles. The smallest absolute Gasteiger partial charge is 0.227 e. The van der Waals surface area contributed by atoms with Crippen LogP contribution in [0.5, 0.6) is 0 Å². The SMILES string of the molecule is [2H]C([2H])(C)n1ncc2c1-c1ccnc(c1)[C@@H](c1coc(-c3c(-n4cc(Cl)nn4)ccc(Cl)c3F)cc1=O)CCC[C@@H](C)C(=O)N2. The molecule has 220 valence electrons. The van der Waals surface area contributed by atoms with Gasteiger partial charge in [-0.15, -0.1) is 5.10 Å². The van der Waals surface area contributed by atoms with Crippen molar-refractivity contribution in [3.05, 3.63) is 92.7 Å². The lowest BCUT2D eigenvalue weighted by Gasteiger charge is -2.20. The molecule has 5 heterocycles. The fraction of sp³-hybridized carbons (Fsp3) is 0.267. The minimum atomic E-state index is -1.88. The molecule has 0 radical (unpaired) electrons. The van der Waals surface area contributed by atoms with Crippen molar-refractivity contribution in [2.24, 2.45) is 5.92 Å². The van der Waals surface area contributed by atoms with Crippen LogP contribution in [0.3, 0.4) is 0 Å². The Labute approximate surface area is 258 Å². The number of pyridine rings is 1. The molecule has 1 aromatic carbocycles. The van der Waals surface area contributed by atoms with Gasteiger partial charge in [0.15, 0.2) is 16.4 Å². The molecule has 0 saturated heterocycles. The zero-order valence-electron chi connectivity index (χ0n) is 25.0. The van der Waals surface area contributed by atoms with Crippen LogP contribution in [-0.4, -0.2) is 35.7 Å². The van der Waals surface area contributed by atoms with E-state index in [1.54, 1.807) is 25.3 Å². The van der Waals surface area contributed by atoms with Crippen LogP contribution in [0.1, 0.15) is 53.0 Å². The Morgan fingerprint density at radius 2 is 2.05 bits per heavy atom. The highest BCUT2D eigenvalue weighted by Gasteiger charge is 2.26. The van der Waals surface area contributed by atoms with E-state index in [-0.39, 0.29) is 44.6 Å². The molecule has 2 atom stereocenters. The highest BCUT2D eigenvalue weighted by Crippen LogP contribution is 2.37. The molecular weight excluding hydrogens is 596 g/mol. The van der Waals surface area contributed by atoms with Gasteiger partial charge in [0.2, 0.25) is 5.91 Å². The predicted molar refractivity (Wildman–Crippen MR) is 160 cm³/mol. The molecule has 6 rings (SSSR count). The molecule has 5 aromatic rings. The van der Waals surface area contributed by atoms with Crippen LogP contribution >= 0.6 is 23.2 Å². The summed E-state index contributed by atoms with van der Waals surface area (Å²) in [5.41, 5.74) is 1.79. The van der Waals surface area contributed by atoms with Crippen LogP contribution in [-0.2, 0) is 11.3 Å². The second-order valence-corrected chi connectivity index (χ2v) is 11.0. The van der Waals surface area contributed by atoms with Gasteiger partial charge in [-0.05, 0) is 44.0 Å². The third kappa shape index (κ3) is 5.46. The molecule has 43 heavy (non-hydrogen) atoms. The van der Waals surface area contributed by atoms with Crippen molar-refractivity contribution in [1.82, 2.24) is 29.8 Å². The normalized spacial score (nSPS) is 18.1. The fourth-order valence-electron chi connectivity index (χ4n) is 5.28. The lowest BCUT2D eigenvalue weighted by molar-refractivity contribution is -0.119. The zero-order valence-corrected chi connectivity index (χ0v) is 24.5. The maximum atomic E-state index is 15.4. The van der Waals surface area contributed by atoms with Crippen LogP contribution in [0.25, 0.3) is 28.3 Å². The number of nitrogens with one attached hydrogen (secondary N) is 1. The van der Waals surface area contributed by atoms with Crippen LogP contribution in [0.4, 0.5) is 10.1 Å². The van der Waals surface area contributed by atoms with Crippen molar-refractivity contribution >= 4 is 34.8 Å². The average Bonchev–Trinajstić information content (AvgIpc) is 3.63. The molecule has 0 spiro atoms. The number of carbonyl (C=O) groups is 1. The Morgan fingerprint density at radius 3 is 2.79 bits per heavy atom. The molecule has 1 N–H and O–H groups in total. The first kappa shape index (κ1) is 26.3. The van der Waals surface area contributed by atoms with E-state index in [4.69, 9.17) is 30.4 Å². The maximum absolute atomic E-state index is 15.4. The summed E-state index contributed by atoms with van der Waals surface area (Å²) >= 11 is 12.0. The number of nitrogens with zero attached hydrogens (tertiary/aromatic N) is 6. The van der Waals surface area contributed by atoms with E-state index in [2.05, 4.69) is 25.7 Å². The molecule has 0 saturated carbocycles. The van der Waals surface area contributed by atoms with Crippen molar-refractivity contribution in [1.29, 1.82) is 0 Å². The number of anilines is 1. The molecule has 13 heteroatoms. The Balaban J connectivity index is 1.47.